The van der Waals surface area contributed by atoms with Crippen molar-refractivity contribution in [1.29, 1.82) is 0 Å². The van der Waals surface area contributed by atoms with Crippen LogP contribution in [0.5, 0.6) is 0 Å². The summed E-state index contributed by atoms with van der Waals surface area (Å²) >= 11 is 4.74. The van der Waals surface area contributed by atoms with Gasteiger partial charge in [0.15, 0.2) is 0 Å². The lowest BCUT2D eigenvalue weighted by molar-refractivity contribution is 0.874. The highest BCUT2D eigenvalue weighted by molar-refractivity contribution is 7.80. The van der Waals surface area contributed by atoms with E-state index < -0.39 is 0 Å². The number of aromatic nitrogens is 2. The van der Waals surface area contributed by atoms with E-state index in [2.05, 4.69) is 10.5 Å². The van der Waals surface area contributed by atoms with E-state index in [0.717, 1.165) is 0 Å². The van der Waals surface area contributed by atoms with Crippen molar-refractivity contribution in [1.82, 2.24) is 15.2 Å². The molecular formula is C4H6N4S. The second kappa shape index (κ2) is 2.56. The summed E-state index contributed by atoms with van der Waals surface area (Å²) in [4.78, 5) is 0. The monoisotopic (exact) mass is 142 g/mol. The minimum atomic E-state index is 0.389. The number of nitrogens with one attached hydrogen (secondary N) is 1. The average molecular weight is 142 g/mol. The summed E-state index contributed by atoms with van der Waals surface area (Å²) in [6.07, 6.45) is 3.34. The Morgan fingerprint density at radius 1 is 1.78 bits per heavy atom. The lowest BCUT2D eigenvalue weighted by Gasteiger charge is -1.98. The van der Waals surface area contributed by atoms with Gasteiger partial charge in [-0.25, -0.2) is 10.5 Å². The fraction of sp³-hybridized carbons (Fsp3) is 0. The molecule has 1 aromatic rings. The molecule has 0 amide bonds. The smallest absolute Gasteiger partial charge is 0.208 e. The first-order valence-corrected chi connectivity index (χ1v) is 2.76. The van der Waals surface area contributed by atoms with Gasteiger partial charge >= 0.3 is 0 Å². The molecule has 0 atom stereocenters. The first-order chi connectivity index (χ1) is 4.34. The normalized spacial score (nSPS) is 9.00. The first kappa shape index (κ1) is 6.18. The molecule has 3 N–H and O–H groups in total. The van der Waals surface area contributed by atoms with Gasteiger partial charge < -0.3 is 0 Å². The van der Waals surface area contributed by atoms with Crippen molar-refractivity contribution < 1.29 is 0 Å². The Labute approximate surface area is 57.6 Å². The van der Waals surface area contributed by atoms with Gasteiger partial charge in [-0.05, 0) is 18.3 Å². The Balaban J connectivity index is 2.77. The van der Waals surface area contributed by atoms with Gasteiger partial charge in [0.2, 0.25) is 5.11 Å². The molecule has 0 unspecified atom stereocenters. The third kappa shape index (κ3) is 1.24. The van der Waals surface area contributed by atoms with Crippen LogP contribution in [0, 0.1) is 0 Å². The maximum Gasteiger partial charge on any atom is 0.208 e. The van der Waals surface area contributed by atoms with E-state index >= 15 is 0 Å². The molecule has 0 aliphatic rings. The Hall–Kier alpha value is -0.940. The fourth-order valence-electron chi connectivity index (χ4n) is 0.455. The Morgan fingerprint density at radius 2 is 2.56 bits per heavy atom. The predicted molar refractivity (Wildman–Crippen MR) is 37.5 cm³/mol. The third-order valence-corrected chi connectivity index (χ3v) is 1.14. The molecular weight excluding hydrogens is 136 g/mol. The second-order valence-corrected chi connectivity index (χ2v) is 1.79. The SMILES string of the molecule is NNC(=S)n1cccn1. The molecule has 1 rings (SSSR count). The summed E-state index contributed by atoms with van der Waals surface area (Å²) in [7, 11) is 0. The maximum atomic E-state index is 5.01. The number of hydrazine groups is 1. The summed E-state index contributed by atoms with van der Waals surface area (Å²) in [5, 5.41) is 4.21. The van der Waals surface area contributed by atoms with E-state index in [1.165, 1.54) is 4.68 Å². The molecule has 0 aromatic carbocycles. The molecule has 0 aliphatic heterocycles. The van der Waals surface area contributed by atoms with Crippen molar-refractivity contribution in [3.63, 3.8) is 0 Å². The molecule has 0 radical (unpaired) electrons. The van der Waals surface area contributed by atoms with Crippen LogP contribution < -0.4 is 11.3 Å². The standard InChI is InChI=1S/C4H6N4S/c5-7-4(9)8-3-1-2-6-8/h1-3H,5H2,(H,7,9). The number of hydrogen-bond acceptors (Lipinski definition) is 3. The lowest BCUT2D eigenvalue weighted by atomic mass is 10.8. The Bertz CT molecular complexity index is 192. The highest BCUT2D eigenvalue weighted by Gasteiger charge is 1.92. The Kier molecular flexibility index (Phi) is 1.76. The first-order valence-electron chi connectivity index (χ1n) is 2.35. The summed E-state index contributed by atoms with van der Waals surface area (Å²) in [6, 6.07) is 1.77. The molecule has 1 heterocycles. The van der Waals surface area contributed by atoms with E-state index in [4.69, 9.17) is 18.1 Å². The topological polar surface area (TPSA) is 55.9 Å². The van der Waals surface area contributed by atoms with Crippen LogP contribution in [-0.2, 0) is 0 Å². The maximum absolute atomic E-state index is 5.01. The molecule has 0 fully saturated rings. The van der Waals surface area contributed by atoms with Gasteiger partial charge in [-0.2, -0.15) is 5.10 Å². The van der Waals surface area contributed by atoms with E-state index in [-0.39, 0.29) is 0 Å². The van der Waals surface area contributed by atoms with Crippen LogP contribution in [-0.4, -0.2) is 14.9 Å². The van der Waals surface area contributed by atoms with Crippen molar-refractivity contribution in [3.05, 3.63) is 18.5 Å². The number of hydrogen-bond donors (Lipinski definition) is 2. The highest BCUT2D eigenvalue weighted by Crippen LogP contribution is 1.81. The summed E-state index contributed by atoms with van der Waals surface area (Å²) < 4.78 is 1.47. The van der Waals surface area contributed by atoms with E-state index in [0.29, 0.717) is 5.11 Å². The van der Waals surface area contributed by atoms with Gasteiger partial charge in [0, 0.05) is 12.4 Å². The largest absolute Gasteiger partial charge is 0.299 e. The van der Waals surface area contributed by atoms with Gasteiger partial charge in [0.05, 0.1) is 0 Å². The van der Waals surface area contributed by atoms with Crippen LogP contribution in [0.25, 0.3) is 0 Å². The zero-order chi connectivity index (χ0) is 6.69. The average Bonchev–Trinajstić information content (AvgIpc) is 2.37. The molecule has 4 nitrogen and oxygen atoms in total. The van der Waals surface area contributed by atoms with Gasteiger partial charge in [-0.15, -0.1) is 0 Å². The number of nitrogens with zero attached hydrogens (tertiary/aromatic N) is 2. The lowest BCUT2D eigenvalue weighted by Crippen LogP contribution is -2.34. The summed E-state index contributed by atoms with van der Waals surface area (Å²) in [5.41, 5.74) is 2.30. The molecule has 5 heteroatoms. The van der Waals surface area contributed by atoms with Crippen LogP contribution in [0.4, 0.5) is 0 Å². The van der Waals surface area contributed by atoms with Crippen molar-refractivity contribution >= 4 is 17.3 Å². The third-order valence-electron chi connectivity index (χ3n) is 0.836. The molecule has 1 aromatic heterocycles. The second-order valence-electron chi connectivity index (χ2n) is 1.40. The molecule has 9 heavy (non-hydrogen) atoms. The van der Waals surface area contributed by atoms with Gasteiger partial charge in [0.1, 0.15) is 0 Å². The van der Waals surface area contributed by atoms with E-state index in [1.807, 2.05) is 0 Å². The van der Waals surface area contributed by atoms with Crippen molar-refractivity contribution in [2.45, 2.75) is 0 Å². The molecule has 0 bridgehead atoms. The van der Waals surface area contributed by atoms with Crippen molar-refractivity contribution in [2.75, 3.05) is 0 Å². The van der Waals surface area contributed by atoms with Gasteiger partial charge in [-0.1, -0.05) is 0 Å². The number of thiocarbonyl (C=S) groups is 1. The fourth-order valence-corrected chi connectivity index (χ4v) is 0.563. The quantitative estimate of drug-likeness (QED) is 0.291. The van der Waals surface area contributed by atoms with Crippen LogP contribution in [0.1, 0.15) is 0 Å². The van der Waals surface area contributed by atoms with Gasteiger partial charge in [-0.3, -0.25) is 5.43 Å². The summed E-state index contributed by atoms with van der Waals surface area (Å²) in [5.74, 6) is 5.01. The summed E-state index contributed by atoms with van der Waals surface area (Å²) in [6.45, 7) is 0. The number of nitrogens with two attached hydrogens (primary N) is 1. The molecule has 0 saturated heterocycles. The van der Waals surface area contributed by atoms with Crippen molar-refractivity contribution in [2.24, 2.45) is 5.84 Å². The molecule has 0 aliphatic carbocycles. The van der Waals surface area contributed by atoms with Crippen LogP contribution in [0.2, 0.25) is 0 Å². The van der Waals surface area contributed by atoms with E-state index in [9.17, 15) is 0 Å². The molecule has 0 saturated carbocycles. The van der Waals surface area contributed by atoms with E-state index in [1.54, 1.807) is 18.5 Å². The molecule has 48 valence electrons. The molecule has 0 spiro atoms. The van der Waals surface area contributed by atoms with Gasteiger partial charge in [0.25, 0.3) is 0 Å². The van der Waals surface area contributed by atoms with Crippen molar-refractivity contribution in [3.8, 4) is 0 Å². The minimum absolute atomic E-state index is 0.389. The van der Waals surface area contributed by atoms with Crippen LogP contribution >= 0.6 is 12.2 Å². The highest BCUT2D eigenvalue weighted by atomic mass is 32.1. The zero-order valence-electron chi connectivity index (χ0n) is 4.61. The minimum Gasteiger partial charge on any atom is -0.299 e. The number of rotatable bonds is 0. The Morgan fingerprint density at radius 3 is 3.00 bits per heavy atom. The zero-order valence-corrected chi connectivity index (χ0v) is 5.43. The van der Waals surface area contributed by atoms with Crippen LogP contribution in [0.15, 0.2) is 18.5 Å². The predicted octanol–water partition coefficient (Wildman–Crippen LogP) is -0.521. The van der Waals surface area contributed by atoms with Crippen LogP contribution in [0.3, 0.4) is 0 Å².